The molecule has 0 aromatic carbocycles. The third-order valence-electron chi connectivity index (χ3n) is 1.49. The standard InChI is InChI=1S/C9H17NO3/c1-4-6-8(11)10-7(3)9(12)13-5-2/h7H,4-6H2,1-3H3,(H,10,11). The average Bonchev–Trinajstić information content (AvgIpc) is 2.05. The van der Waals surface area contributed by atoms with Gasteiger partial charge in [-0.25, -0.2) is 4.79 Å². The fourth-order valence-electron chi connectivity index (χ4n) is 0.867. The maximum atomic E-state index is 11.0. The van der Waals surface area contributed by atoms with Crippen molar-refractivity contribution in [3.8, 4) is 0 Å². The van der Waals surface area contributed by atoms with E-state index in [0.29, 0.717) is 13.0 Å². The Bertz CT molecular complexity index is 180. The lowest BCUT2D eigenvalue weighted by Gasteiger charge is -2.11. The van der Waals surface area contributed by atoms with Crippen molar-refractivity contribution in [2.75, 3.05) is 6.61 Å². The molecular weight excluding hydrogens is 170 g/mol. The summed E-state index contributed by atoms with van der Waals surface area (Å²) in [6.45, 7) is 5.60. The summed E-state index contributed by atoms with van der Waals surface area (Å²) in [6.07, 6.45) is 1.23. The van der Waals surface area contributed by atoms with Crippen molar-refractivity contribution < 1.29 is 14.3 Å². The molecule has 1 atom stereocenters. The van der Waals surface area contributed by atoms with E-state index in [1.807, 2.05) is 6.92 Å². The van der Waals surface area contributed by atoms with Crippen molar-refractivity contribution in [2.24, 2.45) is 0 Å². The molecule has 0 aliphatic carbocycles. The third-order valence-corrected chi connectivity index (χ3v) is 1.49. The van der Waals surface area contributed by atoms with Gasteiger partial charge in [0.25, 0.3) is 0 Å². The van der Waals surface area contributed by atoms with Gasteiger partial charge in [0.2, 0.25) is 5.91 Å². The van der Waals surface area contributed by atoms with E-state index in [9.17, 15) is 9.59 Å². The molecule has 13 heavy (non-hydrogen) atoms. The fourth-order valence-corrected chi connectivity index (χ4v) is 0.867. The summed E-state index contributed by atoms with van der Waals surface area (Å²) in [4.78, 5) is 22.1. The van der Waals surface area contributed by atoms with Gasteiger partial charge in [0, 0.05) is 6.42 Å². The molecule has 4 nitrogen and oxygen atoms in total. The van der Waals surface area contributed by atoms with Crippen LogP contribution in [0.25, 0.3) is 0 Å². The van der Waals surface area contributed by atoms with Gasteiger partial charge in [-0.05, 0) is 20.3 Å². The van der Waals surface area contributed by atoms with Crippen LogP contribution in [0, 0.1) is 0 Å². The minimum absolute atomic E-state index is 0.108. The SMILES string of the molecule is CCCC(=O)NC(C)C(=O)OCC. The highest BCUT2D eigenvalue weighted by atomic mass is 16.5. The molecule has 0 rings (SSSR count). The Balaban J connectivity index is 3.78. The van der Waals surface area contributed by atoms with Gasteiger partial charge in [0.1, 0.15) is 6.04 Å². The molecule has 0 aromatic rings. The van der Waals surface area contributed by atoms with Crippen molar-refractivity contribution in [1.82, 2.24) is 5.32 Å². The largest absolute Gasteiger partial charge is 0.464 e. The third kappa shape index (κ3) is 5.22. The molecular formula is C9H17NO3. The zero-order valence-corrected chi connectivity index (χ0v) is 8.42. The van der Waals surface area contributed by atoms with Gasteiger partial charge in [0.15, 0.2) is 0 Å². The first-order valence-electron chi connectivity index (χ1n) is 4.57. The lowest BCUT2D eigenvalue weighted by atomic mass is 10.3. The van der Waals surface area contributed by atoms with E-state index in [4.69, 9.17) is 4.74 Å². The van der Waals surface area contributed by atoms with E-state index >= 15 is 0 Å². The Labute approximate surface area is 78.6 Å². The summed E-state index contributed by atoms with van der Waals surface area (Å²) in [7, 11) is 0. The lowest BCUT2D eigenvalue weighted by molar-refractivity contribution is -0.146. The molecule has 0 aliphatic rings. The quantitative estimate of drug-likeness (QED) is 0.649. The highest BCUT2D eigenvalue weighted by Gasteiger charge is 2.15. The molecule has 0 radical (unpaired) electrons. The summed E-state index contributed by atoms with van der Waals surface area (Å²) in [5.41, 5.74) is 0. The van der Waals surface area contributed by atoms with Gasteiger partial charge in [0.05, 0.1) is 6.61 Å². The van der Waals surface area contributed by atoms with Crippen LogP contribution in [0.5, 0.6) is 0 Å². The molecule has 0 heterocycles. The Hall–Kier alpha value is -1.06. The maximum Gasteiger partial charge on any atom is 0.328 e. The molecule has 0 saturated heterocycles. The average molecular weight is 187 g/mol. The summed E-state index contributed by atoms with van der Waals surface area (Å²) in [6, 6.07) is -0.543. The van der Waals surface area contributed by atoms with Crippen LogP contribution in [0.1, 0.15) is 33.6 Å². The van der Waals surface area contributed by atoms with Crippen molar-refractivity contribution in [2.45, 2.75) is 39.7 Å². The van der Waals surface area contributed by atoms with Crippen molar-refractivity contribution in [3.05, 3.63) is 0 Å². The fraction of sp³-hybridized carbons (Fsp3) is 0.778. The minimum atomic E-state index is -0.543. The first-order chi connectivity index (χ1) is 6.11. The normalized spacial score (nSPS) is 11.9. The Morgan fingerprint density at radius 1 is 1.38 bits per heavy atom. The van der Waals surface area contributed by atoms with Crippen LogP contribution in [-0.4, -0.2) is 24.5 Å². The molecule has 1 unspecified atom stereocenters. The van der Waals surface area contributed by atoms with E-state index in [1.165, 1.54) is 0 Å². The maximum absolute atomic E-state index is 11.0. The summed E-state index contributed by atoms with van der Waals surface area (Å²) in [5.74, 6) is -0.491. The highest BCUT2D eigenvalue weighted by Crippen LogP contribution is 1.91. The molecule has 0 fully saturated rings. The van der Waals surface area contributed by atoms with Crippen LogP contribution < -0.4 is 5.32 Å². The molecule has 0 aromatic heterocycles. The summed E-state index contributed by atoms with van der Waals surface area (Å²) >= 11 is 0. The lowest BCUT2D eigenvalue weighted by Crippen LogP contribution is -2.39. The van der Waals surface area contributed by atoms with E-state index in [1.54, 1.807) is 13.8 Å². The topological polar surface area (TPSA) is 55.4 Å². The van der Waals surface area contributed by atoms with Crippen LogP contribution in [-0.2, 0) is 14.3 Å². The molecule has 4 heteroatoms. The molecule has 0 bridgehead atoms. The Kier molecular flexibility index (Phi) is 5.93. The number of amides is 1. The number of esters is 1. The van der Waals surface area contributed by atoms with Gasteiger partial charge in [-0.2, -0.15) is 0 Å². The summed E-state index contributed by atoms with van der Waals surface area (Å²) < 4.78 is 4.73. The number of nitrogens with one attached hydrogen (secondary N) is 1. The van der Waals surface area contributed by atoms with Gasteiger partial charge >= 0.3 is 5.97 Å². The number of carbonyl (C=O) groups is 2. The van der Waals surface area contributed by atoms with Crippen LogP contribution in [0.15, 0.2) is 0 Å². The van der Waals surface area contributed by atoms with E-state index < -0.39 is 6.04 Å². The van der Waals surface area contributed by atoms with Gasteiger partial charge in [-0.15, -0.1) is 0 Å². The molecule has 0 spiro atoms. The van der Waals surface area contributed by atoms with Crippen molar-refractivity contribution in [3.63, 3.8) is 0 Å². The van der Waals surface area contributed by atoms with Crippen LogP contribution in [0.4, 0.5) is 0 Å². The van der Waals surface area contributed by atoms with Crippen LogP contribution >= 0.6 is 0 Å². The van der Waals surface area contributed by atoms with Gasteiger partial charge in [-0.1, -0.05) is 6.92 Å². The zero-order valence-electron chi connectivity index (χ0n) is 8.42. The number of carbonyl (C=O) groups excluding carboxylic acids is 2. The molecule has 0 aliphatic heterocycles. The monoisotopic (exact) mass is 187 g/mol. The predicted molar refractivity (Wildman–Crippen MR) is 49.1 cm³/mol. The van der Waals surface area contributed by atoms with Crippen molar-refractivity contribution in [1.29, 1.82) is 0 Å². The number of hydrogen-bond donors (Lipinski definition) is 1. The van der Waals surface area contributed by atoms with Gasteiger partial charge in [-0.3, -0.25) is 4.79 Å². The molecule has 1 amide bonds. The Morgan fingerprint density at radius 3 is 2.46 bits per heavy atom. The molecule has 76 valence electrons. The molecule has 0 saturated carbocycles. The predicted octanol–water partition coefficient (Wildman–Crippen LogP) is 0.854. The number of ether oxygens (including phenoxy) is 1. The summed E-state index contributed by atoms with van der Waals surface area (Å²) in [5, 5.41) is 2.55. The minimum Gasteiger partial charge on any atom is -0.464 e. The Morgan fingerprint density at radius 2 is 2.00 bits per heavy atom. The number of hydrogen-bond acceptors (Lipinski definition) is 3. The van der Waals surface area contributed by atoms with E-state index in [-0.39, 0.29) is 11.9 Å². The second-order valence-electron chi connectivity index (χ2n) is 2.79. The van der Waals surface area contributed by atoms with E-state index in [0.717, 1.165) is 6.42 Å². The van der Waals surface area contributed by atoms with Gasteiger partial charge < -0.3 is 10.1 Å². The highest BCUT2D eigenvalue weighted by molar-refractivity contribution is 5.84. The molecule has 1 N–H and O–H groups in total. The second kappa shape index (κ2) is 6.46. The smallest absolute Gasteiger partial charge is 0.328 e. The first-order valence-corrected chi connectivity index (χ1v) is 4.57. The zero-order chi connectivity index (χ0) is 10.3. The first kappa shape index (κ1) is 11.9. The van der Waals surface area contributed by atoms with E-state index in [2.05, 4.69) is 5.32 Å². The second-order valence-corrected chi connectivity index (χ2v) is 2.79. The number of rotatable bonds is 5. The van der Waals surface area contributed by atoms with Crippen LogP contribution in [0.3, 0.4) is 0 Å². The van der Waals surface area contributed by atoms with Crippen LogP contribution in [0.2, 0.25) is 0 Å². The van der Waals surface area contributed by atoms with Crippen molar-refractivity contribution >= 4 is 11.9 Å².